The average molecular weight is 456 g/mol. The first-order valence-corrected chi connectivity index (χ1v) is 16.3. The summed E-state index contributed by atoms with van der Waals surface area (Å²) >= 11 is 2.84. The monoisotopic (exact) mass is 455 g/mol. The molecule has 0 radical (unpaired) electrons. The Morgan fingerprint density at radius 2 is 1.48 bits per heavy atom. The number of hydrogen-bond donors (Lipinski definition) is 0. The predicted molar refractivity (Wildman–Crippen MR) is 115 cm³/mol. The van der Waals surface area contributed by atoms with Crippen LogP contribution in [0.1, 0.15) is 20.8 Å². The van der Waals surface area contributed by atoms with Crippen LogP contribution in [0.4, 0.5) is 4.79 Å². The van der Waals surface area contributed by atoms with Gasteiger partial charge in [-0.1, -0.05) is 10.8 Å². The molecule has 0 bridgehead atoms. The van der Waals surface area contributed by atoms with E-state index in [1.54, 1.807) is 24.3 Å². The van der Waals surface area contributed by atoms with E-state index in [9.17, 15) is 4.79 Å². The molecule has 0 aliphatic carbocycles. The SMILES string of the molecule is CCO[Si](CCSSSSC(=O)N(SC)SC)(OCC)OCC. The highest BCUT2D eigenvalue weighted by molar-refractivity contribution is 9.27. The van der Waals surface area contributed by atoms with Crippen LogP contribution >= 0.6 is 65.1 Å². The van der Waals surface area contributed by atoms with E-state index >= 15 is 0 Å². The summed E-state index contributed by atoms with van der Waals surface area (Å²) in [4.78, 5) is 11.8. The van der Waals surface area contributed by atoms with E-state index in [-0.39, 0.29) is 5.24 Å². The van der Waals surface area contributed by atoms with Gasteiger partial charge < -0.3 is 13.3 Å². The standard InChI is InChI=1S/C11H25NO4S6Si/c1-6-14-23(15-7-2,16-8-3)10-9-19-21-22-20-11(13)12(17-4)18-5/h6-10H2,1-5H3. The second kappa shape index (κ2) is 15.9. The third-order valence-electron chi connectivity index (χ3n) is 2.25. The van der Waals surface area contributed by atoms with Crippen molar-refractivity contribution in [2.24, 2.45) is 0 Å². The summed E-state index contributed by atoms with van der Waals surface area (Å²) in [6, 6.07) is 0.779. The quantitative estimate of drug-likeness (QED) is 0.141. The van der Waals surface area contributed by atoms with Gasteiger partial charge in [-0.15, -0.1) is 0 Å². The van der Waals surface area contributed by atoms with E-state index in [0.717, 1.165) is 11.8 Å². The van der Waals surface area contributed by atoms with Crippen molar-refractivity contribution in [1.29, 1.82) is 0 Å². The van der Waals surface area contributed by atoms with Crippen LogP contribution in [0.2, 0.25) is 6.04 Å². The predicted octanol–water partition coefficient (Wildman–Crippen LogP) is 5.69. The van der Waals surface area contributed by atoms with Gasteiger partial charge in [0.25, 0.3) is 0 Å². The Balaban J connectivity index is 4.04. The van der Waals surface area contributed by atoms with Crippen LogP contribution in [0.5, 0.6) is 0 Å². The van der Waals surface area contributed by atoms with Crippen molar-refractivity contribution in [2.75, 3.05) is 38.1 Å². The molecule has 0 saturated heterocycles. The zero-order chi connectivity index (χ0) is 17.6. The zero-order valence-electron chi connectivity index (χ0n) is 14.1. The third-order valence-corrected chi connectivity index (χ3v) is 13.8. The molecule has 5 nitrogen and oxygen atoms in total. The van der Waals surface area contributed by atoms with E-state index < -0.39 is 8.80 Å². The van der Waals surface area contributed by atoms with Gasteiger partial charge in [0.05, 0.1) is 0 Å². The van der Waals surface area contributed by atoms with E-state index in [0.29, 0.717) is 19.8 Å². The van der Waals surface area contributed by atoms with Crippen molar-refractivity contribution < 1.29 is 18.1 Å². The topological polar surface area (TPSA) is 48.0 Å². The lowest BCUT2D eigenvalue weighted by molar-refractivity contribution is 0.0729. The minimum absolute atomic E-state index is 0.0461. The Hall–Kier alpha value is 1.67. The lowest BCUT2D eigenvalue weighted by Crippen LogP contribution is -2.46. The third kappa shape index (κ3) is 11.1. The van der Waals surface area contributed by atoms with Crippen molar-refractivity contribution in [3.63, 3.8) is 0 Å². The summed E-state index contributed by atoms with van der Waals surface area (Å²) in [5, 5.41) is 0.0461. The molecule has 0 spiro atoms. The first-order valence-electron chi connectivity index (χ1n) is 7.06. The molecule has 0 aliphatic heterocycles. The van der Waals surface area contributed by atoms with E-state index in [1.807, 2.05) is 33.3 Å². The molecule has 0 aromatic heterocycles. The maximum atomic E-state index is 11.8. The largest absolute Gasteiger partial charge is 0.501 e. The Bertz CT molecular complexity index is 297. The maximum absolute atomic E-state index is 11.8. The molecular formula is C11H25NO4S6Si. The van der Waals surface area contributed by atoms with Gasteiger partial charge in [-0.3, -0.25) is 4.79 Å². The van der Waals surface area contributed by atoms with Gasteiger partial charge in [0, 0.05) is 54.9 Å². The van der Waals surface area contributed by atoms with Crippen LogP contribution in [0, 0.1) is 0 Å². The van der Waals surface area contributed by atoms with Gasteiger partial charge in [0.1, 0.15) is 0 Å². The molecule has 0 aromatic rings. The average Bonchev–Trinajstić information content (AvgIpc) is 2.52. The van der Waals surface area contributed by atoms with Crippen LogP contribution in [-0.4, -0.2) is 55.8 Å². The molecule has 0 saturated carbocycles. The molecule has 12 heteroatoms. The highest BCUT2D eigenvalue weighted by atomic mass is 33.7. The molecular weight excluding hydrogens is 431 g/mol. The highest BCUT2D eigenvalue weighted by Gasteiger charge is 2.39. The smallest absolute Gasteiger partial charge is 0.374 e. The molecule has 0 N–H and O–H groups in total. The van der Waals surface area contributed by atoms with Crippen molar-refractivity contribution in [3.8, 4) is 0 Å². The maximum Gasteiger partial charge on any atom is 0.501 e. The summed E-state index contributed by atoms with van der Waals surface area (Å²) in [5.74, 6) is 0.868. The number of hydrogen-bond acceptors (Lipinski definition) is 10. The number of amides is 1. The second-order valence-electron chi connectivity index (χ2n) is 3.66. The molecule has 0 rings (SSSR count). The fourth-order valence-electron chi connectivity index (χ4n) is 1.52. The lowest BCUT2D eigenvalue weighted by atomic mass is 10.9. The van der Waals surface area contributed by atoms with Gasteiger partial charge >= 0.3 is 14.0 Å². The Kier molecular flexibility index (Phi) is 17.0. The summed E-state index contributed by atoms with van der Waals surface area (Å²) in [6.45, 7) is 7.68. The van der Waals surface area contributed by atoms with Crippen molar-refractivity contribution in [3.05, 3.63) is 0 Å². The Labute approximate surface area is 165 Å². The van der Waals surface area contributed by atoms with Crippen LogP contribution in [0.15, 0.2) is 0 Å². The molecule has 23 heavy (non-hydrogen) atoms. The normalized spacial score (nSPS) is 11.7. The molecule has 0 aliphatic rings. The molecule has 1 amide bonds. The summed E-state index contributed by atoms with van der Waals surface area (Å²) < 4.78 is 19.1. The molecule has 0 heterocycles. The van der Waals surface area contributed by atoms with Crippen LogP contribution in [-0.2, 0) is 13.3 Å². The van der Waals surface area contributed by atoms with E-state index in [1.165, 1.54) is 44.5 Å². The number of carbonyl (C=O) groups excluding carboxylic acids is 1. The first-order chi connectivity index (χ1) is 11.1. The van der Waals surface area contributed by atoms with Crippen LogP contribution in [0.3, 0.4) is 0 Å². The molecule has 138 valence electrons. The minimum Gasteiger partial charge on any atom is -0.374 e. The van der Waals surface area contributed by atoms with Gasteiger partial charge in [0.15, 0.2) is 0 Å². The van der Waals surface area contributed by atoms with E-state index in [4.69, 9.17) is 13.3 Å². The summed E-state index contributed by atoms with van der Waals surface area (Å²) in [5.41, 5.74) is 0. The van der Waals surface area contributed by atoms with Crippen molar-refractivity contribution in [1.82, 2.24) is 3.71 Å². The van der Waals surface area contributed by atoms with Gasteiger partial charge in [-0.05, 0) is 64.3 Å². The van der Waals surface area contributed by atoms with Crippen molar-refractivity contribution >= 4 is 79.2 Å². The Morgan fingerprint density at radius 3 is 1.91 bits per heavy atom. The van der Waals surface area contributed by atoms with Gasteiger partial charge in [-0.25, -0.2) is 3.71 Å². The summed E-state index contributed by atoms with van der Waals surface area (Å²) in [6.07, 6.45) is 3.78. The zero-order valence-corrected chi connectivity index (χ0v) is 20.0. The summed E-state index contributed by atoms with van der Waals surface area (Å²) in [7, 11) is 3.48. The van der Waals surface area contributed by atoms with E-state index in [2.05, 4.69) is 0 Å². The molecule has 0 atom stereocenters. The lowest BCUT2D eigenvalue weighted by Gasteiger charge is -2.28. The molecule has 0 fully saturated rings. The highest BCUT2D eigenvalue weighted by Crippen LogP contribution is 2.45. The van der Waals surface area contributed by atoms with Crippen LogP contribution < -0.4 is 0 Å². The Morgan fingerprint density at radius 1 is 0.957 bits per heavy atom. The molecule has 0 unspecified atom stereocenters. The number of carbonyl (C=O) groups is 1. The minimum atomic E-state index is -2.54. The fourth-order valence-corrected chi connectivity index (χ4v) is 12.1. The molecule has 0 aromatic carbocycles. The first kappa shape index (κ1) is 24.7. The fraction of sp³-hybridized carbons (Fsp3) is 0.909. The number of rotatable bonds is 14. The van der Waals surface area contributed by atoms with Gasteiger partial charge in [-0.2, -0.15) is 0 Å². The van der Waals surface area contributed by atoms with Crippen LogP contribution in [0.25, 0.3) is 0 Å². The van der Waals surface area contributed by atoms with Crippen molar-refractivity contribution in [2.45, 2.75) is 26.8 Å². The number of nitrogens with zero attached hydrogens (tertiary/aromatic N) is 1. The van der Waals surface area contributed by atoms with Gasteiger partial charge in [0.2, 0.25) is 0 Å². The second-order valence-corrected chi connectivity index (χ2v) is 14.0.